The van der Waals surface area contributed by atoms with Gasteiger partial charge in [0.1, 0.15) is 6.07 Å². The summed E-state index contributed by atoms with van der Waals surface area (Å²) < 4.78 is 4.91. The van der Waals surface area contributed by atoms with Crippen LogP contribution in [0.3, 0.4) is 0 Å². The molecule has 0 spiro atoms. The van der Waals surface area contributed by atoms with Gasteiger partial charge in [-0.05, 0) is 20.3 Å². The molecule has 24 heavy (non-hydrogen) atoms. The molecule has 7 nitrogen and oxygen atoms in total. The lowest BCUT2D eigenvalue weighted by atomic mass is 9.91. The first-order valence-corrected chi connectivity index (χ1v) is 7.95. The lowest BCUT2D eigenvalue weighted by Crippen LogP contribution is -2.35. The smallest absolute Gasteiger partial charge is 0.350 e. The van der Waals surface area contributed by atoms with E-state index in [9.17, 15) is 10.1 Å². The molecule has 0 saturated carbocycles. The number of allylic oxidation sites excluding steroid dienone is 1. The van der Waals surface area contributed by atoms with Crippen molar-refractivity contribution >= 4 is 17.6 Å². The predicted octanol–water partition coefficient (Wildman–Crippen LogP) is 2.67. The molecular formula is C17H29N5O2. The number of guanidine groups is 1. The molecule has 0 aromatic carbocycles. The maximum Gasteiger partial charge on any atom is 0.350 e. The van der Waals surface area contributed by atoms with Crippen LogP contribution in [0.2, 0.25) is 0 Å². The summed E-state index contributed by atoms with van der Waals surface area (Å²) in [5.41, 5.74) is 4.01. The van der Waals surface area contributed by atoms with Gasteiger partial charge in [0, 0.05) is 25.2 Å². The van der Waals surface area contributed by atoms with E-state index in [1.165, 1.54) is 0 Å². The first-order chi connectivity index (χ1) is 11.1. The average Bonchev–Trinajstić information content (AvgIpc) is 2.48. The highest BCUT2D eigenvalue weighted by molar-refractivity contribution is 5.94. The summed E-state index contributed by atoms with van der Waals surface area (Å²) in [7, 11) is 3.61. The minimum atomic E-state index is -0.659. The van der Waals surface area contributed by atoms with Gasteiger partial charge >= 0.3 is 5.97 Å². The highest BCUT2D eigenvalue weighted by Crippen LogP contribution is 2.15. The molecule has 0 aliphatic carbocycles. The van der Waals surface area contributed by atoms with Gasteiger partial charge in [-0.25, -0.2) is 15.2 Å². The van der Waals surface area contributed by atoms with E-state index >= 15 is 0 Å². The summed E-state index contributed by atoms with van der Waals surface area (Å²) in [6.45, 7) is 11.8. The fourth-order valence-electron chi connectivity index (χ4n) is 1.40. The lowest BCUT2D eigenvalue weighted by molar-refractivity contribution is -0.138. The minimum Gasteiger partial charge on any atom is -0.462 e. The Morgan fingerprint density at radius 2 is 1.88 bits per heavy atom. The van der Waals surface area contributed by atoms with Crippen LogP contribution in [0.1, 0.15) is 48.0 Å². The van der Waals surface area contributed by atoms with Crippen molar-refractivity contribution in [2.45, 2.75) is 48.0 Å². The number of ether oxygens (including phenoxy) is 1. The number of hydrogen-bond donors (Lipinski definition) is 1. The van der Waals surface area contributed by atoms with E-state index < -0.39 is 5.97 Å². The number of rotatable bonds is 5. The van der Waals surface area contributed by atoms with Crippen LogP contribution in [0.4, 0.5) is 0 Å². The zero-order valence-corrected chi connectivity index (χ0v) is 16.0. The van der Waals surface area contributed by atoms with Gasteiger partial charge in [-0.15, -0.1) is 0 Å². The first kappa shape index (κ1) is 21.6. The van der Waals surface area contributed by atoms with E-state index in [1.54, 1.807) is 25.9 Å². The van der Waals surface area contributed by atoms with Gasteiger partial charge in [0.15, 0.2) is 5.57 Å². The molecule has 0 heterocycles. The Balaban J connectivity index is 5.78. The summed E-state index contributed by atoms with van der Waals surface area (Å²) in [6, 6.07) is 1.89. The first-order valence-electron chi connectivity index (χ1n) is 7.95. The van der Waals surface area contributed by atoms with E-state index in [1.807, 2.05) is 19.9 Å². The van der Waals surface area contributed by atoms with Gasteiger partial charge in [-0.3, -0.25) is 0 Å². The normalized spacial score (nSPS) is 13.8. The number of nitriles is 1. The van der Waals surface area contributed by atoms with Crippen molar-refractivity contribution in [1.82, 2.24) is 10.3 Å². The summed E-state index contributed by atoms with van der Waals surface area (Å²) >= 11 is 0. The molecule has 0 saturated heterocycles. The molecule has 0 bridgehead atoms. The number of nitrogens with zero attached hydrogens (tertiary/aromatic N) is 4. The van der Waals surface area contributed by atoms with Crippen LogP contribution in [0.15, 0.2) is 21.4 Å². The van der Waals surface area contributed by atoms with E-state index in [0.717, 1.165) is 5.71 Å². The zero-order valence-electron chi connectivity index (χ0n) is 16.0. The summed E-state index contributed by atoms with van der Waals surface area (Å²) in [5.74, 6) is -0.222. The third-order valence-corrected chi connectivity index (χ3v) is 3.29. The molecule has 0 aliphatic rings. The van der Waals surface area contributed by atoms with Crippen LogP contribution in [0.25, 0.3) is 0 Å². The van der Waals surface area contributed by atoms with Crippen molar-refractivity contribution in [3.63, 3.8) is 0 Å². The molecule has 0 radical (unpaired) electrons. The van der Waals surface area contributed by atoms with Crippen LogP contribution in [-0.2, 0) is 9.53 Å². The minimum absolute atomic E-state index is 0.0728. The molecular weight excluding hydrogens is 306 g/mol. The molecule has 7 heteroatoms. The molecule has 0 aromatic rings. The zero-order chi connectivity index (χ0) is 18.9. The molecule has 0 amide bonds. The molecule has 0 aromatic heterocycles. The Morgan fingerprint density at radius 1 is 1.29 bits per heavy atom. The number of nitrogens with one attached hydrogen (secondary N) is 1. The standard InChI is InChI=1S/C17H29N5O2/c1-9-14(13(11-18)15(23)24-10-2)19-16(22(7)8)21-20-12(3)17(4,5)6/h9-10H2,1-8H3,(H,19,21)/b14-13-,20-12-. The number of aliphatic imine (C=N–C) groups is 1. The SMILES string of the molecule is CCOC(=O)/C(C#N)=C(/CC)N=C(N/N=C(/C)C(C)(C)C)N(C)C. The Labute approximate surface area is 145 Å². The summed E-state index contributed by atoms with van der Waals surface area (Å²) in [6.07, 6.45) is 0.419. The van der Waals surface area contributed by atoms with Gasteiger partial charge in [0.25, 0.3) is 0 Å². The van der Waals surface area contributed by atoms with E-state index in [0.29, 0.717) is 18.1 Å². The van der Waals surface area contributed by atoms with Gasteiger partial charge in [-0.1, -0.05) is 27.7 Å². The second kappa shape index (κ2) is 9.71. The predicted molar refractivity (Wildman–Crippen MR) is 96.4 cm³/mol. The van der Waals surface area contributed by atoms with Crippen molar-refractivity contribution in [3.8, 4) is 6.07 Å². The fourth-order valence-corrected chi connectivity index (χ4v) is 1.40. The molecule has 0 fully saturated rings. The molecule has 0 rings (SSSR count). The monoisotopic (exact) mass is 335 g/mol. The topological polar surface area (TPSA) is 90.1 Å². The van der Waals surface area contributed by atoms with Gasteiger partial charge in [-0.2, -0.15) is 10.4 Å². The Morgan fingerprint density at radius 3 is 2.25 bits per heavy atom. The Bertz CT molecular complexity index is 575. The average molecular weight is 335 g/mol. The van der Waals surface area contributed by atoms with Crippen molar-refractivity contribution in [1.29, 1.82) is 5.26 Å². The lowest BCUT2D eigenvalue weighted by Gasteiger charge is -2.20. The number of carbonyl (C=O) groups excluding carboxylic acids is 1. The van der Waals surface area contributed by atoms with Gasteiger partial charge < -0.3 is 9.64 Å². The second-order valence-corrected chi connectivity index (χ2v) is 6.40. The summed E-state index contributed by atoms with van der Waals surface area (Å²) in [4.78, 5) is 18.0. The van der Waals surface area contributed by atoms with Crippen LogP contribution < -0.4 is 5.43 Å². The number of hydrazone groups is 1. The maximum atomic E-state index is 11.9. The largest absolute Gasteiger partial charge is 0.462 e. The highest BCUT2D eigenvalue weighted by Gasteiger charge is 2.17. The van der Waals surface area contributed by atoms with Crippen molar-refractivity contribution < 1.29 is 9.53 Å². The molecule has 0 aliphatic heterocycles. The Hall–Kier alpha value is -2.36. The third-order valence-electron chi connectivity index (χ3n) is 3.29. The van der Waals surface area contributed by atoms with E-state index in [-0.39, 0.29) is 17.6 Å². The quantitative estimate of drug-likeness (QED) is 0.208. The van der Waals surface area contributed by atoms with E-state index in [2.05, 4.69) is 36.3 Å². The van der Waals surface area contributed by atoms with Gasteiger partial charge in [0.05, 0.1) is 12.3 Å². The van der Waals surface area contributed by atoms with Crippen molar-refractivity contribution in [3.05, 3.63) is 11.3 Å². The number of carbonyl (C=O) groups is 1. The van der Waals surface area contributed by atoms with Crippen molar-refractivity contribution in [2.24, 2.45) is 15.5 Å². The van der Waals surface area contributed by atoms with Crippen LogP contribution in [0.5, 0.6) is 0 Å². The fraction of sp³-hybridized carbons (Fsp3) is 0.647. The third kappa shape index (κ3) is 6.82. The van der Waals surface area contributed by atoms with Crippen LogP contribution >= 0.6 is 0 Å². The second-order valence-electron chi connectivity index (χ2n) is 6.40. The Kier molecular flexibility index (Phi) is 8.75. The number of esters is 1. The van der Waals surface area contributed by atoms with Crippen LogP contribution in [0, 0.1) is 16.7 Å². The highest BCUT2D eigenvalue weighted by atomic mass is 16.5. The molecule has 0 unspecified atom stereocenters. The number of hydrogen-bond acceptors (Lipinski definition) is 5. The molecule has 1 N–H and O–H groups in total. The van der Waals surface area contributed by atoms with E-state index in [4.69, 9.17) is 4.74 Å². The maximum absolute atomic E-state index is 11.9. The summed E-state index contributed by atoms with van der Waals surface area (Å²) in [5, 5.41) is 13.6. The van der Waals surface area contributed by atoms with Crippen LogP contribution in [-0.4, -0.2) is 43.2 Å². The van der Waals surface area contributed by atoms with Gasteiger partial charge in [0.2, 0.25) is 5.96 Å². The molecule has 134 valence electrons. The molecule has 0 atom stereocenters. The van der Waals surface area contributed by atoms with Crippen molar-refractivity contribution in [2.75, 3.05) is 20.7 Å².